The molecule has 1 rings (SSSR count). The fraction of sp³-hybridized carbons (Fsp3) is 0.750. The van der Waals surface area contributed by atoms with Gasteiger partial charge in [-0.05, 0) is 18.8 Å². The van der Waals surface area contributed by atoms with Crippen LogP contribution in [-0.2, 0) is 4.79 Å². The molecule has 1 aliphatic rings. The fourth-order valence-electron chi connectivity index (χ4n) is 1.83. The number of allylic oxidation sites excluding steroid dienone is 1. The number of hydrogen-bond acceptors (Lipinski definition) is 2. The molecule has 0 aromatic heterocycles. The molecule has 1 aliphatic heterocycles. The van der Waals surface area contributed by atoms with Crippen molar-refractivity contribution < 1.29 is 4.79 Å². The van der Waals surface area contributed by atoms with Crippen molar-refractivity contribution in [1.29, 1.82) is 0 Å². The first-order valence-electron chi connectivity index (χ1n) is 5.79. The molecule has 3 nitrogen and oxygen atoms in total. The number of nitrogens with one attached hydrogen (secondary N) is 1. The van der Waals surface area contributed by atoms with Gasteiger partial charge in [-0.1, -0.05) is 20.4 Å². The molecule has 0 aliphatic carbocycles. The average Bonchev–Trinajstić information content (AvgIpc) is 2.50. The predicted octanol–water partition coefficient (Wildman–Crippen LogP) is 1.76. The zero-order valence-electron chi connectivity index (χ0n) is 9.88. The molecule has 3 heteroatoms. The van der Waals surface area contributed by atoms with Crippen LogP contribution in [0.3, 0.4) is 0 Å². The smallest absolute Gasteiger partial charge is 0.220 e. The first-order valence-corrected chi connectivity index (χ1v) is 5.79. The van der Waals surface area contributed by atoms with Crippen molar-refractivity contribution in [2.24, 2.45) is 5.92 Å². The lowest BCUT2D eigenvalue weighted by atomic mass is 10.1. The van der Waals surface area contributed by atoms with Gasteiger partial charge in [-0.3, -0.25) is 4.79 Å². The van der Waals surface area contributed by atoms with Crippen LogP contribution < -0.4 is 5.32 Å². The van der Waals surface area contributed by atoms with Gasteiger partial charge in [0.05, 0.1) is 0 Å². The van der Waals surface area contributed by atoms with Gasteiger partial charge in [-0.15, -0.1) is 0 Å². The standard InChI is InChI=1S/C12H22N2O/c1-10(2)9-12(15)13-6-8-14-7-4-5-11(14)3/h10H,3-9H2,1-2H3,(H,13,15). The van der Waals surface area contributed by atoms with Crippen LogP contribution in [0.15, 0.2) is 12.3 Å². The van der Waals surface area contributed by atoms with Crippen LogP contribution in [0.1, 0.15) is 33.1 Å². The molecule has 1 N–H and O–H groups in total. The third-order valence-corrected chi connectivity index (χ3v) is 2.64. The summed E-state index contributed by atoms with van der Waals surface area (Å²) in [6.45, 7) is 10.9. The molecule has 0 aromatic rings. The maximum atomic E-state index is 11.4. The van der Waals surface area contributed by atoms with Gasteiger partial charge in [-0.2, -0.15) is 0 Å². The summed E-state index contributed by atoms with van der Waals surface area (Å²) in [5.41, 5.74) is 1.22. The molecule has 0 spiro atoms. The highest BCUT2D eigenvalue weighted by atomic mass is 16.1. The van der Waals surface area contributed by atoms with Gasteiger partial charge in [0.2, 0.25) is 5.91 Å². The first kappa shape index (κ1) is 12.1. The Morgan fingerprint density at radius 1 is 1.60 bits per heavy atom. The van der Waals surface area contributed by atoms with E-state index in [4.69, 9.17) is 0 Å². The van der Waals surface area contributed by atoms with Crippen molar-refractivity contribution in [1.82, 2.24) is 10.2 Å². The van der Waals surface area contributed by atoms with E-state index >= 15 is 0 Å². The van der Waals surface area contributed by atoms with Crippen molar-refractivity contribution in [2.45, 2.75) is 33.1 Å². The second-order valence-electron chi connectivity index (χ2n) is 4.60. The minimum atomic E-state index is 0.162. The van der Waals surface area contributed by atoms with E-state index in [0.717, 1.165) is 26.1 Å². The van der Waals surface area contributed by atoms with Crippen LogP contribution in [0.5, 0.6) is 0 Å². The third kappa shape index (κ3) is 4.36. The number of likely N-dealkylation sites (tertiary alicyclic amines) is 1. The van der Waals surface area contributed by atoms with Crippen LogP contribution in [0.25, 0.3) is 0 Å². The number of carbonyl (C=O) groups is 1. The van der Waals surface area contributed by atoms with Crippen molar-refractivity contribution in [3.63, 3.8) is 0 Å². The lowest BCUT2D eigenvalue weighted by Crippen LogP contribution is -2.33. The Morgan fingerprint density at radius 3 is 2.87 bits per heavy atom. The largest absolute Gasteiger partial charge is 0.374 e. The van der Waals surface area contributed by atoms with Crippen molar-refractivity contribution in [2.75, 3.05) is 19.6 Å². The minimum Gasteiger partial charge on any atom is -0.374 e. The molecule has 1 amide bonds. The van der Waals surface area contributed by atoms with E-state index in [1.807, 2.05) is 0 Å². The second-order valence-corrected chi connectivity index (χ2v) is 4.60. The van der Waals surface area contributed by atoms with Gasteiger partial charge in [0.1, 0.15) is 0 Å². The molecule has 15 heavy (non-hydrogen) atoms. The van der Waals surface area contributed by atoms with Crippen LogP contribution in [-0.4, -0.2) is 30.4 Å². The van der Waals surface area contributed by atoms with Crippen LogP contribution >= 0.6 is 0 Å². The van der Waals surface area contributed by atoms with Gasteiger partial charge < -0.3 is 10.2 Å². The van der Waals surface area contributed by atoms with Gasteiger partial charge in [0.25, 0.3) is 0 Å². The number of rotatable bonds is 5. The van der Waals surface area contributed by atoms with E-state index in [9.17, 15) is 4.79 Å². The van der Waals surface area contributed by atoms with Crippen molar-refractivity contribution in [3.8, 4) is 0 Å². The van der Waals surface area contributed by atoms with Gasteiger partial charge in [0.15, 0.2) is 0 Å². The first-order chi connectivity index (χ1) is 7.09. The second kappa shape index (κ2) is 5.79. The zero-order valence-corrected chi connectivity index (χ0v) is 9.88. The van der Waals surface area contributed by atoms with Crippen LogP contribution in [0.4, 0.5) is 0 Å². The van der Waals surface area contributed by atoms with Crippen LogP contribution in [0, 0.1) is 5.92 Å². The van der Waals surface area contributed by atoms with Gasteiger partial charge in [-0.25, -0.2) is 0 Å². The summed E-state index contributed by atoms with van der Waals surface area (Å²) in [6.07, 6.45) is 2.94. The monoisotopic (exact) mass is 210 g/mol. The molecular weight excluding hydrogens is 188 g/mol. The minimum absolute atomic E-state index is 0.162. The summed E-state index contributed by atoms with van der Waals surface area (Å²) in [5, 5.41) is 2.94. The fourth-order valence-corrected chi connectivity index (χ4v) is 1.83. The SMILES string of the molecule is C=C1CCCN1CCNC(=O)CC(C)C. The molecule has 0 bridgehead atoms. The summed E-state index contributed by atoms with van der Waals surface area (Å²) in [4.78, 5) is 13.6. The molecule has 0 saturated carbocycles. The lowest BCUT2D eigenvalue weighted by molar-refractivity contribution is -0.121. The van der Waals surface area contributed by atoms with Crippen LogP contribution in [0.2, 0.25) is 0 Å². The average molecular weight is 210 g/mol. The Bertz CT molecular complexity index is 236. The third-order valence-electron chi connectivity index (χ3n) is 2.64. The molecule has 0 radical (unpaired) electrons. The number of nitrogens with zero attached hydrogens (tertiary/aromatic N) is 1. The lowest BCUT2D eigenvalue weighted by Gasteiger charge is -2.19. The number of amides is 1. The Hall–Kier alpha value is -0.990. The topological polar surface area (TPSA) is 32.3 Å². The number of carbonyl (C=O) groups excluding carboxylic acids is 1. The van der Waals surface area contributed by atoms with Crippen molar-refractivity contribution >= 4 is 5.91 Å². The predicted molar refractivity (Wildman–Crippen MR) is 62.4 cm³/mol. The molecular formula is C12H22N2O. The zero-order chi connectivity index (χ0) is 11.3. The Kier molecular flexibility index (Phi) is 4.66. The van der Waals surface area contributed by atoms with E-state index in [1.165, 1.54) is 12.1 Å². The maximum Gasteiger partial charge on any atom is 0.220 e. The summed E-state index contributed by atoms with van der Waals surface area (Å²) < 4.78 is 0. The molecule has 1 fully saturated rings. The summed E-state index contributed by atoms with van der Waals surface area (Å²) in [6, 6.07) is 0. The molecule has 0 atom stereocenters. The number of hydrogen-bond donors (Lipinski definition) is 1. The summed E-state index contributed by atoms with van der Waals surface area (Å²) in [5.74, 6) is 0.599. The van der Waals surface area contributed by atoms with E-state index < -0.39 is 0 Å². The van der Waals surface area contributed by atoms with Crippen molar-refractivity contribution in [3.05, 3.63) is 12.3 Å². The van der Waals surface area contributed by atoms with Gasteiger partial charge in [0, 0.05) is 31.8 Å². The highest BCUT2D eigenvalue weighted by Gasteiger charge is 2.14. The van der Waals surface area contributed by atoms with E-state index in [1.54, 1.807) is 0 Å². The summed E-state index contributed by atoms with van der Waals surface area (Å²) >= 11 is 0. The maximum absolute atomic E-state index is 11.4. The normalized spacial score (nSPS) is 16.2. The summed E-state index contributed by atoms with van der Waals surface area (Å²) in [7, 11) is 0. The van der Waals surface area contributed by atoms with Gasteiger partial charge >= 0.3 is 0 Å². The molecule has 1 heterocycles. The molecule has 86 valence electrons. The molecule has 0 aromatic carbocycles. The molecule has 1 saturated heterocycles. The quantitative estimate of drug-likeness (QED) is 0.750. The Balaban J connectivity index is 2.10. The molecule has 0 unspecified atom stereocenters. The highest BCUT2D eigenvalue weighted by Crippen LogP contribution is 2.17. The van der Waals surface area contributed by atoms with E-state index in [-0.39, 0.29) is 5.91 Å². The van der Waals surface area contributed by atoms with E-state index in [2.05, 4.69) is 30.6 Å². The highest BCUT2D eigenvalue weighted by molar-refractivity contribution is 5.76. The van der Waals surface area contributed by atoms with E-state index in [0.29, 0.717) is 12.3 Å². The Morgan fingerprint density at radius 2 is 2.33 bits per heavy atom. The Labute approximate surface area is 92.5 Å².